The normalized spacial score (nSPS) is 11.7. The number of furan rings is 1. The van der Waals surface area contributed by atoms with Gasteiger partial charge in [-0.15, -0.1) is 11.3 Å². The van der Waals surface area contributed by atoms with Gasteiger partial charge in [0.2, 0.25) is 0 Å². The molecule has 0 spiro atoms. The van der Waals surface area contributed by atoms with Gasteiger partial charge in [-0.05, 0) is 43.8 Å². The second kappa shape index (κ2) is 9.24. The Balaban J connectivity index is 1.56. The number of aryl methyl sites for hydroxylation is 2. The van der Waals surface area contributed by atoms with E-state index in [1.807, 2.05) is 26.0 Å². The molecule has 0 unspecified atom stereocenters. The molecule has 0 saturated carbocycles. The zero-order chi connectivity index (χ0) is 18.2. The molecule has 2 N–H and O–H groups in total. The highest BCUT2D eigenvalue weighted by Gasteiger charge is 2.09. The number of nitrogens with zero attached hydrogens (tertiary/aromatic N) is 2. The predicted octanol–water partition coefficient (Wildman–Crippen LogP) is 3.47. The lowest BCUT2D eigenvalue weighted by Crippen LogP contribution is -2.39. The van der Waals surface area contributed by atoms with E-state index in [1.165, 1.54) is 4.88 Å². The largest absolute Gasteiger partial charge is 0.469 e. The second-order valence-electron chi connectivity index (χ2n) is 5.98. The number of guanidine groups is 1. The summed E-state index contributed by atoms with van der Waals surface area (Å²) in [7, 11) is 0. The summed E-state index contributed by atoms with van der Waals surface area (Å²) < 4.78 is 10.6. The summed E-state index contributed by atoms with van der Waals surface area (Å²) in [5.41, 5.74) is 1.93. The van der Waals surface area contributed by atoms with Gasteiger partial charge in [0.05, 0.1) is 18.5 Å². The van der Waals surface area contributed by atoms with Crippen LogP contribution in [0, 0.1) is 13.8 Å². The van der Waals surface area contributed by atoms with Crippen LogP contribution < -0.4 is 10.6 Å². The molecule has 6 nitrogen and oxygen atoms in total. The van der Waals surface area contributed by atoms with Crippen molar-refractivity contribution in [3.8, 4) is 0 Å². The summed E-state index contributed by atoms with van der Waals surface area (Å²) in [5, 5.41) is 12.9. The Bertz CT molecular complexity index is 745. The summed E-state index contributed by atoms with van der Waals surface area (Å²) in [6.45, 7) is 5.97. The Labute approximate surface area is 157 Å². The van der Waals surface area contributed by atoms with Crippen LogP contribution in [0.4, 0.5) is 0 Å². The molecule has 138 valence electrons. The van der Waals surface area contributed by atoms with Crippen LogP contribution in [0.2, 0.25) is 0 Å². The van der Waals surface area contributed by atoms with Crippen molar-refractivity contribution < 1.29 is 8.94 Å². The zero-order valence-electron chi connectivity index (χ0n) is 15.1. The molecule has 3 aromatic rings. The number of aliphatic imine (C=N–C) groups is 1. The van der Waals surface area contributed by atoms with Crippen molar-refractivity contribution >= 4 is 17.3 Å². The molecule has 7 heteroatoms. The third kappa shape index (κ3) is 5.23. The molecule has 0 saturated heterocycles. The van der Waals surface area contributed by atoms with Crippen LogP contribution in [0.1, 0.15) is 27.7 Å². The minimum Gasteiger partial charge on any atom is -0.469 e. The minimum atomic E-state index is 0.538. The number of aromatic nitrogens is 1. The number of nitrogens with one attached hydrogen (secondary N) is 2. The predicted molar refractivity (Wildman–Crippen MR) is 104 cm³/mol. The lowest BCUT2D eigenvalue weighted by Gasteiger charge is -2.12. The van der Waals surface area contributed by atoms with Crippen molar-refractivity contribution in [2.75, 3.05) is 13.1 Å². The second-order valence-corrected chi connectivity index (χ2v) is 7.01. The number of hydrogen-bond acceptors (Lipinski definition) is 5. The first-order chi connectivity index (χ1) is 12.7. The first kappa shape index (κ1) is 18.3. The monoisotopic (exact) mass is 372 g/mol. The Morgan fingerprint density at radius 3 is 2.65 bits per heavy atom. The SMILES string of the molecule is Cc1noc(C)c1CN=C(NCCc1ccco1)NCCc1cccs1. The van der Waals surface area contributed by atoms with Crippen LogP contribution in [-0.2, 0) is 19.4 Å². The molecule has 3 heterocycles. The Morgan fingerprint density at radius 2 is 2.00 bits per heavy atom. The smallest absolute Gasteiger partial charge is 0.191 e. The highest BCUT2D eigenvalue weighted by molar-refractivity contribution is 7.09. The average molecular weight is 372 g/mol. The standard InChI is InChI=1S/C19H24N4O2S/c1-14-18(15(2)25-23-14)13-22-19(20-9-7-16-5-3-11-24-16)21-10-8-17-6-4-12-26-17/h3-6,11-12H,7-10,13H2,1-2H3,(H2,20,21,22). The van der Waals surface area contributed by atoms with E-state index in [0.717, 1.165) is 54.7 Å². The van der Waals surface area contributed by atoms with Crippen molar-refractivity contribution in [1.82, 2.24) is 15.8 Å². The fourth-order valence-corrected chi connectivity index (χ4v) is 3.29. The van der Waals surface area contributed by atoms with Crippen LogP contribution in [0.3, 0.4) is 0 Å². The molecule has 0 aromatic carbocycles. The maximum absolute atomic E-state index is 5.38. The van der Waals surface area contributed by atoms with Crippen molar-refractivity contribution in [2.45, 2.75) is 33.2 Å². The zero-order valence-corrected chi connectivity index (χ0v) is 15.9. The van der Waals surface area contributed by atoms with E-state index < -0.39 is 0 Å². The van der Waals surface area contributed by atoms with Crippen molar-refractivity contribution in [3.05, 3.63) is 63.6 Å². The molecule has 3 aromatic heterocycles. The van der Waals surface area contributed by atoms with Crippen molar-refractivity contribution in [2.24, 2.45) is 4.99 Å². The lowest BCUT2D eigenvalue weighted by atomic mass is 10.2. The highest BCUT2D eigenvalue weighted by atomic mass is 32.1. The molecule has 0 bridgehead atoms. The quantitative estimate of drug-likeness (QED) is 0.468. The molecule has 0 aliphatic heterocycles. The number of hydrogen-bond donors (Lipinski definition) is 2. The fourth-order valence-electron chi connectivity index (χ4n) is 2.58. The van der Waals surface area contributed by atoms with Gasteiger partial charge < -0.3 is 19.6 Å². The first-order valence-corrected chi connectivity index (χ1v) is 9.59. The molecule has 0 aliphatic carbocycles. The van der Waals surface area contributed by atoms with Crippen molar-refractivity contribution in [3.63, 3.8) is 0 Å². The van der Waals surface area contributed by atoms with E-state index in [2.05, 4.69) is 33.3 Å². The van der Waals surface area contributed by atoms with Gasteiger partial charge in [0.25, 0.3) is 0 Å². The van der Waals surface area contributed by atoms with Crippen LogP contribution in [0.25, 0.3) is 0 Å². The summed E-state index contributed by atoms with van der Waals surface area (Å²) in [6.07, 6.45) is 3.48. The molecule has 26 heavy (non-hydrogen) atoms. The van der Waals surface area contributed by atoms with Gasteiger partial charge in [0, 0.05) is 30.0 Å². The molecule has 0 amide bonds. The van der Waals surface area contributed by atoms with Crippen molar-refractivity contribution in [1.29, 1.82) is 0 Å². The molecule has 0 aliphatic rings. The first-order valence-electron chi connectivity index (χ1n) is 8.71. The van der Waals surface area contributed by atoms with Crippen LogP contribution in [0.5, 0.6) is 0 Å². The van der Waals surface area contributed by atoms with E-state index in [4.69, 9.17) is 13.9 Å². The van der Waals surface area contributed by atoms with Crippen LogP contribution >= 0.6 is 11.3 Å². The number of thiophene rings is 1. The van der Waals surface area contributed by atoms with Crippen LogP contribution in [0.15, 0.2) is 49.8 Å². The molecule has 0 atom stereocenters. The summed E-state index contributed by atoms with van der Waals surface area (Å²) in [4.78, 5) is 6.05. The Morgan fingerprint density at radius 1 is 1.15 bits per heavy atom. The third-order valence-corrected chi connectivity index (χ3v) is 5.00. The molecular formula is C19H24N4O2S. The van der Waals surface area contributed by atoms with E-state index in [9.17, 15) is 0 Å². The highest BCUT2D eigenvalue weighted by Crippen LogP contribution is 2.13. The lowest BCUT2D eigenvalue weighted by molar-refractivity contribution is 0.392. The maximum Gasteiger partial charge on any atom is 0.191 e. The third-order valence-electron chi connectivity index (χ3n) is 4.06. The summed E-state index contributed by atoms with van der Waals surface area (Å²) >= 11 is 1.77. The van der Waals surface area contributed by atoms with E-state index >= 15 is 0 Å². The Kier molecular flexibility index (Phi) is 6.49. The topological polar surface area (TPSA) is 75.6 Å². The summed E-state index contributed by atoms with van der Waals surface area (Å²) in [6, 6.07) is 8.11. The van der Waals surface area contributed by atoms with Gasteiger partial charge >= 0.3 is 0 Å². The van der Waals surface area contributed by atoms with E-state index in [-0.39, 0.29) is 0 Å². The van der Waals surface area contributed by atoms with Gasteiger partial charge in [-0.2, -0.15) is 0 Å². The molecular weight excluding hydrogens is 348 g/mol. The molecule has 0 fully saturated rings. The number of rotatable bonds is 8. The molecule has 3 rings (SSSR count). The van der Waals surface area contributed by atoms with E-state index in [1.54, 1.807) is 17.6 Å². The van der Waals surface area contributed by atoms with Gasteiger partial charge in [-0.25, -0.2) is 4.99 Å². The minimum absolute atomic E-state index is 0.538. The van der Waals surface area contributed by atoms with Gasteiger partial charge in [0.15, 0.2) is 5.96 Å². The van der Waals surface area contributed by atoms with Gasteiger partial charge in [0.1, 0.15) is 11.5 Å². The van der Waals surface area contributed by atoms with Gasteiger partial charge in [-0.1, -0.05) is 11.2 Å². The summed E-state index contributed by atoms with van der Waals surface area (Å²) in [5.74, 6) is 2.56. The van der Waals surface area contributed by atoms with Crippen LogP contribution in [-0.4, -0.2) is 24.2 Å². The maximum atomic E-state index is 5.38. The Hall–Kier alpha value is -2.54. The van der Waals surface area contributed by atoms with Gasteiger partial charge in [-0.3, -0.25) is 0 Å². The average Bonchev–Trinajstić information content (AvgIpc) is 3.37. The van der Waals surface area contributed by atoms with E-state index in [0.29, 0.717) is 6.54 Å². The fraction of sp³-hybridized carbons (Fsp3) is 0.368. The molecule has 0 radical (unpaired) electrons.